The van der Waals surface area contributed by atoms with E-state index < -0.39 is 21.4 Å². The van der Waals surface area contributed by atoms with Crippen molar-refractivity contribution in [3.63, 3.8) is 0 Å². The molecule has 3 rings (SSSR count). The number of nitrogens with zero attached hydrogens (tertiary/aromatic N) is 1. The van der Waals surface area contributed by atoms with Crippen molar-refractivity contribution >= 4 is 41.1 Å². The first-order valence-electron chi connectivity index (χ1n) is 8.59. The Bertz CT molecular complexity index is 1040. The van der Waals surface area contributed by atoms with Gasteiger partial charge in [0.25, 0.3) is 5.69 Å². The number of benzene rings is 3. The minimum atomic E-state index is -1.07. The van der Waals surface area contributed by atoms with Gasteiger partial charge in [-0.25, -0.2) is 9.59 Å². The van der Waals surface area contributed by atoms with Gasteiger partial charge in [-0.2, -0.15) is 0 Å². The fourth-order valence-electron chi connectivity index (χ4n) is 2.64. The predicted molar refractivity (Wildman–Crippen MR) is 114 cm³/mol. The van der Waals surface area contributed by atoms with Crippen LogP contribution in [0.3, 0.4) is 0 Å². The van der Waals surface area contributed by atoms with Crippen LogP contribution in [-0.2, 0) is 0 Å². The average Bonchev–Trinajstić information content (AvgIpc) is 2.73. The Morgan fingerprint density at radius 1 is 0.767 bits per heavy atom. The highest BCUT2D eigenvalue weighted by Gasteiger charge is 2.22. The normalized spacial score (nSPS) is 10.7. The summed E-state index contributed by atoms with van der Waals surface area (Å²) >= 11 is 2.49. The van der Waals surface area contributed by atoms with Crippen molar-refractivity contribution in [3.8, 4) is 0 Å². The molecule has 0 bridgehead atoms. The van der Waals surface area contributed by atoms with Gasteiger partial charge in [0.2, 0.25) is 0 Å². The van der Waals surface area contributed by atoms with Crippen LogP contribution in [-0.4, -0.2) is 27.1 Å². The van der Waals surface area contributed by atoms with E-state index in [0.29, 0.717) is 15.4 Å². The molecule has 0 aliphatic heterocycles. The van der Waals surface area contributed by atoms with Gasteiger partial charge in [-0.3, -0.25) is 10.1 Å². The van der Waals surface area contributed by atoms with E-state index in [-0.39, 0.29) is 16.8 Å². The second kappa shape index (κ2) is 9.47. The maximum atomic E-state index is 11.6. The van der Waals surface area contributed by atoms with Crippen molar-refractivity contribution < 1.29 is 24.7 Å². The summed E-state index contributed by atoms with van der Waals surface area (Å²) in [5.74, 6) is -2.15. The van der Waals surface area contributed by atoms with Gasteiger partial charge in [0.1, 0.15) is 0 Å². The number of carboxylic acid groups (broad SMARTS) is 2. The highest BCUT2D eigenvalue weighted by molar-refractivity contribution is 8.16. The number of hydrogen-bond acceptors (Lipinski definition) is 6. The van der Waals surface area contributed by atoms with Gasteiger partial charge in [-0.05, 0) is 29.8 Å². The molecule has 0 amide bonds. The summed E-state index contributed by atoms with van der Waals surface area (Å²) in [6.07, 6.45) is 0. The maximum Gasteiger partial charge on any atom is 0.336 e. The molecule has 0 aliphatic carbocycles. The van der Waals surface area contributed by atoms with E-state index in [0.717, 1.165) is 0 Å². The van der Waals surface area contributed by atoms with Crippen LogP contribution >= 0.6 is 23.5 Å². The summed E-state index contributed by atoms with van der Waals surface area (Å²) in [5, 5.41) is 29.9. The van der Waals surface area contributed by atoms with Gasteiger partial charge in [-0.15, -0.1) is 23.5 Å². The molecule has 3 aromatic rings. The number of non-ortho nitro benzene ring substituents is 1. The lowest BCUT2D eigenvalue weighted by molar-refractivity contribution is -0.384. The van der Waals surface area contributed by atoms with Crippen molar-refractivity contribution in [1.29, 1.82) is 0 Å². The molecule has 7 nitrogen and oxygen atoms in total. The Morgan fingerprint density at radius 2 is 1.20 bits per heavy atom. The van der Waals surface area contributed by atoms with Crippen molar-refractivity contribution in [3.05, 3.63) is 99.6 Å². The quantitative estimate of drug-likeness (QED) is 0.201. The third-order valence-corrected chi connectivity index (χ3v) is 6.85. The first-order chi connectivity index (χ1) is 14.4. The Labute approximate surface area is 179 Å². The monoisotopic (exact) mass is 441 g/mol. The molecule has 2 N–H and O–H groups in total. The first-order valence-corrected chi connectivity index (χ1v) is 10.3. The molecule has 0 saturated heterocycles. The van der Waals surface area contributed by atoms with Crippen molar-refractivity contribution in [2.75, 3.05) is 0 Å². The standard InChI is InChI=1S/C21H15NO6S2/c23-19(24)15-5-1-3-7-17(15)29-21(13-9-11-14(12-10-13)22(27)28)30-18-8-4-2-6-16(18)20(25)26/h1-12,21H,(H,23,24)(H,25,26). The zero-order valence-electron chi connectivity index (χ0n) is 15.3. The summed E-state index contributed by atoms with van der Waals surface area (Å²) in [5.41, 5.74) is 0.878. The Balaban J connectivity index is 2.02. The summed E-state index contributed by atoms with van der Waals surface area (Å²) in [7, 11) is 0. The summed E-state index contributed by atoms with van der Waals surface area (Å²) in [4.78, 5) is 34.7. The third-order valence-electron chi connectivity index (χ3n) is 4.08. The number of hydrogen-bond donors (Lipinski definition) is 2. The number of carbonyl (C=O) groups is 2. The van der Waals surface area contributed by atoms with Crippen LogP contribution in [0.25, 0.3) is 0 Å². The molecule has 0 heterocycles. The zero-order chi connectivity index (χ0) is 21.7. The Morgan fingerprint density at radius 3 is 1.60 bits per heavy atom. The molecule has 0 saturated carbocycles. The molecule has 0 fully saturated rings. The molecule has 0 aromatic heterocycles. The van der Waals surface area contributed by atoms with Gasteiger partial charge >= 0.3 is 11.9 Å². The number of carboxylic acids is 2. The van der Waals surface area contributed by atoms with Crippen LogP contribution in [0, 0.1) is 10.1 Å². The Hall–Kier alpha value is -3.30. The van der Waals surface area contributed by atoms with E-state index in [4.69, 9.17) is 0 Å². The van der Waals surface area contributed by atoms with Gasteiger partial charge in [0.05, 0.1) is 20.6 Å². The molecule has 0 unspecified atom stereocenters. The van der Waals surface area contributed by atoms with E-state index in [1.807, 2.05) is 0 Å². The van der Waals surface area contributed by atoms with E-state index in [1.165, 1.54) is 47.8 Å². The van der Waals surface area contributed by atoms with Crippen LogP contribution in [0.2, 0.25) is 0 Å². The number of thioether (sulfide) groups is 2. The van der Waals surface area contributed by atoms with Gasteiger partial charge in [0, 0.05) is 21.9 Å². The minimum Gasteiger partial charge on any atom is -0.478 e. The molecular weight excluding hydrogens is 426 g/mol. The predicted octanol–water partition coefficient (Wildman–Crippen LogP) is 5.57. The number of nitro benzene ring substituents is 1. The van der Waals surface area contributed by atoms with Crippen molar-refractivity contribution in [2.45, 2.75) is 14.4 Å². The topological polar surface area (TPSA) is 118 Å². The minimum absolute atomic E-state index is 0.0654. The van der Waals surface area contributed by atoms with E-state index in [2.05, 4.69) is 0 Å². The van der Waals surface area contributed by atoms with Crippen molar-refractivity contribution in [1.82, 2.24) is 0 Å². The molecule has 9 heteroatoms. The molecule has 0 atom stereocenters. The second-order valence-electron chi connectivity index (χ2n) is 6.02. The molecule has 152 valence electrons. The van der Waals surface area contributed by atoms with Crippen LogP contribution in [0.1, 0.15) is 30.9 Å². The summed E-state index contributed by atoms with van der Waals surface area (Å²) in [6.45, 7) is 0. The molecule has 30 heavy (non-hydrogen) atoms. The van der Waals surface area contributed by atoms with Crippen LogP contribution in [0.4, 0.5) is 5.69 Å². The van der Waals surface area contributed by atoms with E-state index >= 15 is 0 Å². The molecule has 3 aromatic carbocycles. The fourth-order valence-corrected chi connectivity index (χ4v) is 5.38. The number of rotatable bonds is 8. The molecule has 0 aliphatic rings. The van der Waals surface area contributed by atoms with E-state index in [1.54, 1.807) is 48.5 Å². The molecular formula is C21H15NO6S2. The van der Waals surface area contributed by atoms with Crippen LogP contribution in [0.15, 0.2) is 82.6 Å². The van der Waals surface area contributed by atoms with Crippen molar-refractivity contribution in [2.24, 2.45) is 0 Å². The fraction of sp³-hybridized carbons (Fsp3) is 0.0476. The summed E-state index contributed by atoms with van der Waals surface area (Å²) < 4.78 is -0.438. The highest BCUT2D eigenvalue weighted by atomic mass is 32.2. The zero-order valence-corrected chi connectivity index (χ0v) is 16.9. The maximum absolute atomic E-state index is 11.6. The largest absolute Gasteiger partial charge is 0.478 e. The van der Waals surface area contributed by atoms with Crippen LogP contribution in [0.5, 0.6) is 0 Å². The Kier molecular flexibility index (Phi) is 6.76. The van der Waals surface area contributed by atoms with Crippen LogP contribution < -0.4 is 0 Å². The lowest BCUT2D eigenvalue weighted by Crippen LogP contribution is -2.01. The van der Waals surface area contributed by atoms with E-state index in [9.17, 15) is 29.9 Å². The molecule has 0 radical (unpaired) electrons. The average molecular weight is 441 g/mol. The highest BCUT2D eigenvalue weighted by Crippen LogP contribution is 2.48. The summed E-state index contributed by atoms with van der Waals surface area (Å²) in [6, 6.07) is 19.0. The second-order valence-corrected chi connectivity index (χ2v) is 8.61. The smallest absolute Gasteiger partial charge is 0.336 e. The van der Waals surface area contributed by atoms with Gasteiger partial charge < -0.3 is 10.2 Å². The lowest BCUT2D eigenvalue weighted by Gasteiger charge is -2.19. The number of nitro groups is 1. The van der Waals surface area contributed by atoms with Gasteiger partial charge in [-0.1, -0.05) is 36.4 Å². The SMILES string of the molecule is O=C(O)c1ccccc1SC(Sc1ccccc1C(=O)O)c1ccc([N+](=O)[O-])cc1. The molecule has 0 spiro atoms. The third kappa shape index (κ3) is 5.00. The lowest BCUT2D eigenvalue weighted by atomic mass is 10.2. The first kappa shape index (κ1) is 21.4. The number of aromatic carboxylic acids is 2. The van der Waals surface area contributed by atoms with Gasteiger partial charge in [0.15, 0.2) is 0 Å².